The van der Waals surface area contributed by atoms with Crippen LogP contribution in [0.15, 0.2) is 23.1 Å². The van der Waals surface area contributed by atoms with Crippen LogP contribution >= 0.6 is 0 Å². The summed E-state index contributed by atoms with van der Waals surface area (Å²) in [4.78, 5) is 12.3. The molecule has 1 aliphatic carbocycles. The fourth-order valence-corrected chi connectivity index (χ4v) is 3.59. The van der Waals surface area contributed by atoms with Gasteiger partial charge in [0.05, 0.1) is 17.7 Å². The van der Waals surface area contributed by atoms with E-state index in [1.165, 1.54) is 19.2 Å². The van der Waals surface area contributed by atoms with E-state index in [1.54, 1.807) is 6.07 Å². The molecule has 0 radical (unpaired) electrons. The highest BCUT2D eigenvalue weighted by atomic mass is 32.2. The van der Waals surface area contributed by atoms with E-state index in [0.29, 0.717) is 11.4 Å². The SMILES string of the molecule is CCCC(C)C(=O)Nc1cc(S(=O)(=O)NC2CC2)ccc1OC. The number of ether oxygens (including phenoxy) is 1. The first-order chi connectivity index (χ1) is 10.9. The number of nitrogens with one attached hydrogen (secondary N) is 2. The molecule has 0 heterocycles. The Hall–Kier alpha value is -1.60. The maximum Gasteiger partial charge on any atom is 0.240 e. The third kappa shape index (κ3) is 4.68. The number of methoxy groups -OCH3 is 1. The van der Waals surface area contributed by atoms with E-state index in [9.17, 15) is 13.2 Å². The second-order valence-corrected chi connectivity index (χ2v) is 7.65. The van der Waals surface area contributed by atoms with Gasteiger partial charge in [-0.15, -0.1) is 0 Å². The lowest BCUT2D eigenvalue weighted by Gasteiger charge is -2.15. The number of benzene rings is 1. The summed E-state index contributed by atoms with van der Waals surface area (Å²) in [5, 5.41) is 2.77. The quantitative estimate of drug-likeness (QED) is 0.761. The topological polar surface area (TPSA) is 84.5 Å². The van der Waals surface area contributed by atoms with Crippen molar-refractivity contribution in [2.24, 2.45) is 5.92 Å². The first kappa shape index (κ1) is 17.7. The number of sulfonamides is 1. The third-order valence-corrected chi connectivity index (χ3v) is 5.33. The average molecular weight is 340 g/mol. The summed E-state index contributed by atoms with van der Waals surface area (Å²) in [6.07, 6.45) is 3.42. The van der Waals surface area contributed by atoms with Crippen LogP contribution in [-0.4, -0.2) is 27.5 Å². The lowest BCUT2D eigenvalue weighted by atomic mass is 10.1. The van der Waals surface area contributed by atoms with Gasteiger partial charge in [0, 0.05) is 12.0 Å². The number of amides is 1. The van der Waals surface area contributed by atoms with Gasteiger partial charge < -0.3 is 10.1 Å². The van der Waals surface area contributed by atoms with Crippen molar-refractivity contribution >= 4 is 21.6 Å². The molecule has 1 amide bonds. The number of hydrogen-bond acceptors (Lipinski definition) is 4. The minimum absolute atomic E-state index is 0.0321. The molecule has 23 heavy (non-hydrogen) atoms. The number of rotatable bonds is 8. The van der Waals surface area contributed by atoms with Gasteiger partial charge in [-0.05, 0) is 37.5 Å². The minimum Gasteiger partial charge on any atom is -0.495 e. The van der Waals surface area contributed by atoms with Gasteiger partial charge in [-0.2, -0.15) is 0 Å². The molecule has 1 saturated carbocycles. The third-order valence-electron chi connectivity index (χ3n) is 3.81. The molecule has 0 saturated heterocycles. The van der Waals surface area contributed by atoms with Crippen LogP contribution in [0.25, 0.3) is 0 Å². The van der Waals surface area contributed by atoms with Gasteiger partial charge in [-0.1, -0.05) is 20.3 Å². The Morgan fingerprint density at radius 2 is 2.09 bits per heavy atom. The zero-order valence-corrected chi connectivity index (χ0v) is 14.6. The molecule has 0 spiro atoms. The predicted molar refractivity (Wildman–Crippen MR) is 89.0 cm³/mol. The molecular weight excluding hydrogens is 316 g/mol. The Bertz CT molecular complexity index is 669. The van der Waals surface area contributed by atoms with Crippen molar-refractivity contribution in [1.82, 2.24) is 4.72 Å². The van der Waals surface area contributed by atoms with E-state index < -0.39 is 10.0 Å². The number of hydrogen-bond donors (Lipinski definition) is 2. The molecule has 1 unspecified atom stereocenters. The number of carbonyl (C=O) groups is 1. The maximum absolute atomic E-state index is 12.3. The zero-order valence-electron chi connectivity index (χ0n) is 13.8. The van der Waals surface area contributed by atoms with Gasteiger partial charge in [0.1, 0.15) is 5.75 Å². The predicted octanol–water partition coefficient (Wildman–Crippen LogP) is 2.51. The van der Waals surface area contributed by atoms with E-state index >= 15 is 0 Å². The van der Waals surface area contributed by atoms with Crippen LogP contribution in [0.1, 0.15) is 39.5 Å². The monoisotopic (exact) mass is 340 g/mol. The Balaban J connectivity index is 2.23. The molecule has 2 rings (SSSR count). The van der Waals surface area contributed by atoms with E-state index in [0.717, 1.165) is 25.7 Å². The Kier molecular flexibility index (Phi) is 5.64. The number of carbonyl (C=O) groups excluding carboxylic acids is 1. The van der Waals surface area contributed by atoms with Crippen molar-refractivity contribution in [2.45, 2.75) is 50.5 Å². The Labute approximate surface area is 137 Å². The van der Waals surface area contributed by atoms with Crippen molar-refractivity contribution in [1.29, 1.82) is 0 Å². The molecular formula is C16H24N2O4S. The van der Waals surface area contributed by atoms with Gasteiger partial charge in [-0.25, -0.2) is 13.1 Å². The standard InChI is InChI=1S/C16H24N2O4S/c1-4-5-11(2)16(19)17-14-10-13(8-9-15(14)22-3)23(20,21)18-12-6-7-12/h8-12,18H,4-7H2,1-3H3,(H,17,19). The Morgan fingerprint density at radius 3 is 2.65 bits per heavy atom. The minimum atomic E-state index is -3.57. The van der Waals surface area contributed by atoms with Crippen LogP contribution in [-0.2, 0) is 14.8 Å². The molecule has 7 heteroatoms. The normalized spacial score (nSPS) is 16.0. The summed E-state index contributed by atoms with van der Waals surface area (Å²) in [6, 6.07) is 4.51. The first-order valence-electron chi connectivity index (χ1n) is 7.88. The highest BCUT2D eigenvalue weighted by Gasteiger charge is 2.28. The van der Waals surface area contributed by atoms with Gasteiger partial charge in [0.15, 0.2) is 0 Å². The molecule has 1 fully saturated rings. The average Bonchev–Trinajstić information content (AvgIpc) is 3.30. The van der Waals surface area contributed by atoms with Gasteiger partial charge in [-0.3, -0.25) is 4.79 Å². The van der Waals surface area contributed by atoms with Crippen LogP contribution in [0.4, 0.5) is 5.69 Å². The van der Waals surface area contributed by atoms with Crippen LogP contribution in [0.3, 0.4) is 0 Å². The maximum atomic E-state index is 12.3. The highest BCUT2D eigenvalue weighted by Crippen LogP contribution is 2.29. The Morgan fingerprint density at radius 1 is 1.39 bits per heavy atom. The van der Waals surface area contributed by atoms with Gasteiger partial charge in [0.25, 0.3) is 0 Å². The zero-order chi connectivity index (χ0) is 17.0. The van der Waals surface area contributed by atoms with E-state index in [2.05, 4.69) is 10.0 Å². The fraction of sp³-hybridized carbons (Fsp3) is 0.562. The van der Waals surface area contributed by atoms with Gasteiger partial charge >= 0.3 is 0 Å². The number of anilines is 1. The van der Waals surface area contributed by atoms with Crippen molar-refractivity contribution in [3.63, 3.8) is 0 Å². The van der Waals surface area contributed by atoms with Gasteiger partial charge in [0.2, 0.25) is 15.9 Å². The fourth-order valence-electron chi connectivity index (χ4n) is 2.26. The van der Waals surface area contributed by atoms with E-state index in [4.69, 9.17) is 4.74 Å². The molecule has 128 valence electrons. The summed E-state index contributed by atoms with van der Waals surface area (Å²) in [5.41, 5.74) is 0.374. The lowest BCUT2D eigenvalue weighted by Crippen LogP contribution is -2.26. The van der Waals surface area contributed by atoms with Crippen molar-refractivity contribution in [3.05, 3.63) is 18.2 Å². The van der Waals surface area contributed by atoms with Crippen molar-refractivity contribution in [2.75, 3.05) is 12.4 Å². The van der Waals surface area contributed by atoms with E-state index in [1.807, 2.05) is 13.8 Å². The molecule has 0 bridgehead atoms. The lowest BCUT2D eigenvalue weighted by molar-refractivity contribution is -0.119. The molecule has 1 atom stereocenters. The summed E-state index contributed by atoms with van der Waals surface area (Å²) >= 11 is 0. The molecule has 1 aliphatic rings. The van der Waals surface area contributed by atoms with Crippen LogP contribution in [0.2, 0.25) is 0 Å². The summed E-state index contributed by atoms with van der Waals surface area (Å²) in [6.45, 7) is 3.86. The molecule has 0 aromatic heterocycles. The van der Waals surface area contributed by atoms with Crippen molar-refractivity contribution < 1.29 is 17.9 Å². The van der Waals surface area contributed by atoms with Crippen LogP contribution in [0.5, 0.6) is 5.75 Å². The molecule has 1 aromatic rings. The summed E-state index contributed by atoms with van der Waals surface area (Å²) in [5.74, 6) is 0.150. The smallest absolute Gasteiger partial charge is 0.240 e. The van der Waals surface area contributed by atoms with Crippen LogP contribution < -0.4 is 14.8 Å². The molecule has 2 N–H and O–H groups in total. The molecule has 6 nitrogen and oxygen atoms in total. The second-order valence-electron chi connectivity index (χ2n) is 5.94. The second kappa shape index (κ2) is 7.31. The van der Waals surface area contributed by atoms with Crippen molar-refractivity contribution in [3.8, 4) is 5.75 Å². The molecule has 0 aliphatic heterocycles. The summed E-state index contributed by atoms with van der Waals surface area (Å²) < 4.78 is 32.4. The summed E-state index contributed by atoms with van der Waals surface area (Å²) in [7, 11) is -2.08. The first-order valence-corrected chi connectivity index (χ1v) is 9.37. The van der Waals surface area contributed by atoms with Crippen LogP contribution in [0, 0.1) is 5.92 Å². The van der Waals surface area contributed by atoms with E-state index in [-0.39, 0.29) is 22.8 Å². The largest absolute Gasteiger partial charge is 0.495 e. The molecule has 1 aromatic carbocycles. The highest BCUT2D eigenvalue weighted by molar-refractivity contribution is 7.89.